The Bertz CT molecular complexity index is 716. The molecule has 3 heterocycles. The third-order valence-electron chi connectivity index (χ3n) is 3.56. The number of para-hydroxylation sites is 2. The molecular weight excluding hydrogens is 234 g/mol. The Balaban J connectivity index is 1.91. The van der Waals surface area contributed by atoms with E-state index < -0.39 is 0 Å². The number of hydrogen-bond donors (Lipinski definition) is 1. The van der Waals surface area contributed by atoms with Gasteiger partial charge in [-0.15, -0.1) is 0 Å². The summed E-state index contributed by atoms with van der Waals surface area (Å²) >= 11 is 0. The van der Waals surface area contributed by atoms with E-state index in [2.05, 4.69) is 63.5 Å². The molecule has 0 spiro atoms. The molecule has 19 heavy (non-hydrogen) atoms. The maximum atomic E-state index is 4.22. The molecule has 0 fully saturated rings. The van der Waals surface area contributed by atoms with E-state index in [1.54, 1.807) is 6.20 Å². The number of nitrogens with zero attached hydrogens (tertiary/aromatic N) is 2. The van der Waals surface area contributed by atoms with Crippen molar-refractivity contribution in [2.24, 2.45) is 0 Å². The molecule has 3 nitrogen and oxygen atoms in total. The molecule has 1 aromatic carbocycles. The fraction of sp³-hybridized carbons (Fsp3) is 0.0625. The summed E-state index contributed by atoms with van der Waals surface area (Å²) in [6.07, 6.45) is 5.83. The Labute approximate surface area is 111 Å². The molecule has 0 unspecified atom stereocenters. The number of nitrogens with one attached hydrogen (secondary N) is 1. The van der Waals surface area contributed by atoms with E-state index in [1.807, 2.05) is 12.3 Å². The van der Waals surface area contributed by atoms with Gasteiger partial charge in [-0.3, -0.25) is 4.98 Å². The normalized spacial score (nSPS) is 16.3. The zero-order chi connectivity index (χ0) is 12.7. The first kappa shape index (κ1) is 10.4. The van der Waals surface area contributed by atoms with E-state index >= 15 is 0 Å². The molecule has 0 saturated carbocycles. The molecular formula is C16H13N3. The van der Waals surface area contributed by atoms with Crippen molar-refractivity contribution in [3.05, 3.63) is 78.4 Å². The van der Waals surface area contributed by atoms with Gasteiger partial charge in [0.2, 0.25) is 0 Å². The summed E-state index contributed by atoms with van der Waals surface area (Å²) in [6, 6.07) is 16.8. The van der Waals surface area contributed by atoms with Crippen molar-refractivity contribution in [1.82, 2.24) is 9.55 Å². The number of pyridine rings is 1. The van der Waals surface area contributed by atoms with Gasteiger partial charge >= 0.3 is 0 Å². The number of hydrogen-bond acceptors (Lipinski definition) is 2. The predicted molar refractivity (Wildman–Crippen MR) is 75.5 cm³/mol. The van der Waals surface area contributed by atoms with Crippen LogP contribution in [0.1, 0.15) is 17.3 Å². The van der Waals surface area contributed by atoms with E-state index in [0.29, 0.717) is 0 Å². The Kier molecular flexibility index (Phi) is 2.18. The Morgan fingerprint density at radius 1 is 1.00 bits per heavy atom. The fourth-order valence-corrected chi connectivity index (χ4v) is 2.68. The molecule has 0 bridgehead atoms. The van der Waals surface area contributed by atoms with E-state index in [0.717, 1.165) is 5.69 Å². The zero-order valence-electron chi connectivity index (χ0n) is 10.3. The van der Waals surface area contributed by atoms with Crippen LogP contribution in [0.15, 0.2) is 67.1 Å². The van der Waals surface area contributed by atoms with Gasteiger partial charge in [-0.1, -0.05) is 18.2 Å². The lowest BCUT2D eigenvalue weighted by Crippen LogP contribution is -2.21. The lowest BCUT2D eigenvalue weighted by molar-refractivity contribution is 0.805. The van der Waals surface area contributed by atoms with Crippen LogP contribution in [0.25, 0.3) is 5.69 Å². The van der Waals surface area contributed by atoms with Crippen LogP contribution >= 0.6 is 0 Å². The first-order valence-electron chi connectivity index (χ1n) is 6.36. The molecule has 92 valence electrons. The van der Waals surface area contributed by atoms with Crippen LogP contribution in [0.2, 0.25) is 0 Å². The van der Waals surface area contributed by atoms with Crippen LogP contribution in [0.4, 0.5) is 5.69 Å². The monoisotopic (exact) mass is 247 g/mol. The third-order valence-corrected chi connectivity index (χ3v) is 3.56. The van der Waals surface area contributed by atoms with Gasteiger partial charge < -0.3 is 9.88 Å². The van der Waals surface area contributed by atoms with Crippen LogP contribution in [0.3, 0.4) is 0 Å². The number of rotatable bonds is 1. The highest BCUT2D eigenvalue weighted by Gasteiger charge is 2.24. The van der Waals surface area contributed by atoms with Crippen LogP contribution < -0.4 is 5.32 Å². The average Bonchev–Trinajstić information content (AvgIpc) is 2.97. The predicted octanol–water partition coefficient (Wildman–Crippen LogP) is 3.39. The smallest absolute Gasteiger partial charge is 0.0938 e. The van der Waals surface area contributed by atoms with Gasteiger partial charge in [0.05, 0.1) is 17.4 Å². The summed E-state index contributed by atoms with van der Waals surface area (Å²) in [4.78, 5) is 4.22. The van der Waals surface area contributed by atoms with Gasteiger partial charge in [-0.2, -0.15) is 0 Å². The summed E-state index contributed by atoms with van der Waals surface area (Å²) in [5.74, 6) is 0. The summed E-state index contributed by atoms with van der Waals surface area (Å²) in [5.41, 5.74) is 4.77. The van der Waals surface area contributed by atoms with Crippen molar-refractivity contribution in [3.8, 4) is 5.69 Å². The Morgan fingerprint density at radius 3 is 2.84 bits per heavy atom. The second-order valence-corrected chi connectivity index (χ2v) is 4.68. The quantitative estimate of drug-likeness (QED) is 0.714. The summed E-state index contributed by atoms with van der Waals surface area (Å²) in [5, 5.41) is 3.59. The second-order valence-electron chi connectivity index (χ2n) is 4.68. The standard InChI is InChI=1S/C16H13N3/c1-2-7-14-13(6-1)18-16(12-5-3-9-17-11-12)15-8-4-10-19(14)15/h1-11,16,18H/t16-/m0/s1. The molecule has 3 aromatic rings. The minimum atomic E-state index is 0.151. The first-order chi connectivity index (χ1) is 9.43. The van der Waals surface area contributed by atoms with Gasteiger partial charge in [0, 0.05) is 24.3 Å². The molecule has 3 heteroatoms. The Hall–Kier alpha value is -2.55. The first-order valence-corrected chi connectivity index (χ1v) is 6.36. The summed E-state index contributed by atoms with van der Waals surface area (Å²) in [6.45, 7) is 0. The largest absolute Gasteiger partial charge is 0.371 e. The molecule has 1 aliphatic rings. The van der Waals surface area contributed by atoms with Gasteiger partial charge in [0.25, 0.3) is 0 Å². The lowest BCUT2D eigenvalue weighted by Gasteiger charge is -2.29. The molecule has 0 amide bonds. The van der Waals surface area contributed by atoms with Gasteiger partial charge in [-0.05, 0) is 35.9 Å². The Morgan fingerprint density at radius 2 is 1.95 bits per heavy atom. The SMILES string of the molecule is c1cncc([C@@H]2Nc3ccccc3-n3cccc32)c1. The van der Waals surface area contributed by atoms with E-state index in [1.165, 1.54) is 16.9 Å². The fourth-order valence-electron chi connectivity index (χ4n) is 2.68. The van der Waals surface area contributed by atoms with E-state index in [9.17, 15) is 0 Å². The average molecular weight is 247 g/mol. The van der Waals surface area contributed by atoms with E-state index in [4.69, 9.17) is 0 Å². The highest BCUT2D eigenvalue weighted by Crippen LogP contribution is 2.36. The van der Waals surface area contributed by atoms with Crippen molar-refractivity contribution in [2.45, 2.75) is 6.04 Å². The van der Waals surface area contributed by atoms with Gasteiger partial charge in [0.1, 0.15) is 0 Å². The number of aromatic nitrogens is 2. The minimum Gasteiger partial charge on any atom is -0.371 e. The number of benzene rings is 1. The minimum absolute atomic E-state index is 0.151. The topological polar surface area (TPSA) is 29.9 Å². The summed E-state index contributed by atoms with van der Waals surface area (Å²) in [7, 11) is 0. The highest BCUT2D eigenvalue weighted by molar-refractivity contribution is 5.66. The van der Waals surface area contributed by atoms with Gasteiger partial charge in [-0.25, -0.2) is 0 Å². The van der Waals surface area contributed by atoms with Crippen molar-refractivity contribution in [2.75, 3.05) is 5.32 Å². The van der Waals surface area contributed by atoms with Gasteiger partial charge in [0.15, 0.2) is 0 Å². The molecule has 1 atom stereocenters. The van der Waals surface area contributed by atoms with Crippen LogP contribution in [-0.4, -0.2) is 9.55 Å². The zero-order valence-corrected chi connectivity index (χ0v) is 10.3. The lowest BCUT2D eigenvalue weighted by atomic mass is 10.0. The molecule has 1 N–H and O–H groups in total. The van der Waals surface area contributed by atoms with E-state index in [-0.39, 0.29) is 6.04 Å². The molecule has 0 aliphatic carbocycles. The van der Waals surface area contributed by atoms with Crippen LogP contribution in [0, 0.1) is 0 Å². The highest BCUT2D eigenvalue weighted by atomic mass is 15.1. The van der Waals surface area contributed by atoms with Crippen molar-refractivity contribution in [3.63, 3.8) is 0 Å². The molecule has 0 radical (unpaired) electrons. The molecule has 0 saturated heterocycles. The van der Waals surface area contributed by atoms with Crippen LogP contribution in [-0.2, 0) is 0 Å². The molecule has 1 aliphatic heterocycles. The van der Waals surface area contributed by atoms with Crippen molar-refractivity contribution < 1.29 is 0 Å². The number of fused-ring (bicyclic) bond motifs is 3. The number of anilines is 1. The maximum Gasteiger partial charge on any atom is 0.0938 e. The third kappa shape index (κ3) is 1.55. The van der Waals surface area contributed by atoms with Crippen molar-refractivity contribution in [1.29, 1.82) is 0 Å². The van der Waals surface area contributed by atoms with Crippen molar-refractivity contribution >= 4 is 5.69 Å². The maximum absolute atomic E-state index is 4.22. The second kappa shape index (κ2) is 3.99. The summed E-state index contributed by atoms with van der Waals surface area (Å²) < 4.78 is 2.24. The van der Waals surface area contributed by atoms with Crippen LogP contribution in [0.5, 0.6) is 0 Å². The molecule has 4 rings (SSSR count). The molecule has 2 aromatic heterocycles.